The van der Waals surface area contributed by atoms with Gasteiger partial charge in [0.15, 0.2) is 0 Å². The molecule has 0 aliphatic carbocycles. The summed E-state index contributed by atoms with van der Waals surface area (Å²) in [4.78, 5) is 31.2. The fourth-order valence-corrected chi connectivity index (χ4v) is 3.03. The van der Waals surface area contributed by atoms with Crippen molar-refractivity contribution >= 4 is 17.5 Å². The van der Waals surface area contributed by atoms with Crippen LogP contribution >= 0.6 is 0 Å². The van der Waals surface area contributed by atoms with E-state index in [1.54, 1.807) is 43.5 Å². The second-order valence-corrected chi connectivity index (χ2v) is 6.32. The smallest absolute Gasteiger partial charge is 0.272 e. The average Bonchev–Trinajstić information content (AvgIpc) is 2.97. The Morgan fingerprint density at radius 1 is 1.08 bits per heavy atom. The van der Waals surface area contributed by atoms with Crippen LogP contribution in [0, 0.1) is 0 Å². The minimum atomic E-state index is -0.287. The Morgan fingerprint density at radius 3 is 2.58 bits per heavy atom. The van der Waals surface area contributed by atoms with Crippen molar-refractivity contribution in [2.45, 2.75) is 25.7 Å². The maximum atomic E-state index is 12.7. The molecule has 2 aromatic rings. The maximum absolute atomic E-state index is 12.7. The summed E-state index contributed by atoms with van der Waals surface area (Å²) in [6.45, 7) is 1.50. The van der Waals surface area contributed by atoms with Crippen molar-refractivity contribution in [2.24, 2.45) is 0 Å². The first-order valence-corrected chi connectivity index (χ1v) is 8.88. The van der Waals surface area contributed by atoms with E-state index in [2.05, 4.69) is 10.3 Å². The predicted octanol–water partition coefficient (Wildman–Crippen LogP) is 3.36. The van der Waals surface area contributed by atoms with Gasteiger partial charge in [0.2, 0.25) is 0 Å². The molecule has 1 aromatic heterocycles. The lowest BCUT2D eigenvalue weighted by Gasteiger charge is -2.19. The Kier molecular flexibility index (Phi) is 5.84. The Balaban J connectivity index is 1.73. The van der Waals surface area contributed by atoms with Crippen LogP contribution in [-0.4, -0.2) is 41.9 Å². The Morgan fingerprint density at radius 2 is 1.85 bits per heavy atom. The van der Waals surface area contributed by atoms with Gasteiger partial charge in [-0.3, -0.25) is 14.6 Å². The standard InChI is InChI=1S/C20H23N3O3/c1-26-17-8-6-7-16(14-17)22-19(24)15-9-10-21-18(13-15)20(25)23-11-4-2-3-5-12-23/h6-10,13-14H,2-5,11-12H2,1H3,(H,22,24). The van der Waals surface area contributed by atoms with Crippen LogP contribution in [0.3, 0.4) is 0 Å². The zero-order valence-electron chi connectivity index (χ0n) is 14.9. The number of pyridine rings is 1. The first-order chi connectivity index (χ1) is 12.7. The van der Waals surface area contributed by atoms with E-state index < -0.39 is 0 Å². The fourth-order valence-electron chi connectivity index (χ4n) is 3.03. The van der Waals surface area contributed by atoms with Crippen LogP contribution in [0.2, 0.25) is 0 Å². The normalized spacial score (nSPS) is 14.4. The highest BCUT2D eigenvalue weighted by Crippen LogP contribution is 2.18. The number of rotatable bonds is 4. The van der Waals surface area contributed by atoms with Crippen molar-refractivity contribution in [3.05, 3.63) is 53.9 Å². The van der Waals surface area contributed by atoms with Gasteiger partial charge in [-0.2, -0.15) is 0 Å². The number of nitrogens with zero attached hydrogens (tertiary/aromatic N) is 2. The third kappa shape index (κ3) is 4.39. The predicted molar refractivity (Wildman–Crippen MR) is 99.6 cm³/mol. The number of methoxy groups -OCH3 is 1. The number of benzene rings is 1. The molecule has 1 fully saturated rings. The van der Waals surface area contributed by atoms with Gasteiger partial charge in [0.25, 0.3) is 11.8 Å². The van der Waals surface area contributed by atoms with Gasteiger partial charge in [-0.05, 0) is 37.1 Å². The van der Waals surface area contributed by atoms with Gasteiger partial charge in [0.05, 0.1) is 7.11 Å². The van der Waals surface area contributed by atoms with E-state index in [0.29, 0.717) is 22.7 Å². The molecule has 1 aromatic carbocycles. The van der Waals surface area contributed by atoms with Gasteiger partial charge >= 0.3 is 0 Å². The van der Waals surface area contributed by atoms with Gasteiger partial charge in [0.1, 0.15) is 11.4 Å². The van der Waals surface area contributed by atoms with E-state index in [0.717, 1.165) is 38.8 Å². The second-order valence-electron chi connectivity index (χ2n) is 6.32. The molecule has 2 amide bonds. The summed E-state index contributed by atoms with van der Waals surface area (Å²) in [7, 11) is 1.57. The number of anilines is 1. The number of likely N-dealkylation sites (tertiary alicyclic amines) is 1. The van der Waals surface area contributed by atoms with Gasteiger partial charge in [-0.1, -0.05) is 18.9 Å². The van der Waals surface area contributed by atoms with Crippen LogP contribution in [0.5, 0.6) is 5.75 Å². The highest BCUT2D eigenvalue weighted by Gasteiger charge is 2.19. The van der Waals surface area contributed by atoms with Crippen LogP contribution in [0.25, 0.3) is 0 Å². The summed E-state index contributed by atoms with van der Waals surface area (Å²) in [6.07, 6.45) is 5.84. The average molecular weight is 353 g/mol. The van der Waals surface area contributed by atoms with E-state index in [4.69, 9.17) is 4.74 Å². The first kappa shape index (κ1) is 17.9. The zero-order valence-corrected chi connectivity index (χ0v) is 14.9. The quantitative estimate of drug-likeness (QED) is 0.915. The number of carbonyl (C=O) groups is 2. The molecule has 0 saturated carbocycles. The molecule has 2 heterocycles. The van der Waals surface area contributed by atoms with Crippen molar-refractivity contribution < 1.29 is 14.3 Å². The second kappa shape index (κ2) is 8.47. The monoisotopic (exact) mass is 353 g/mol. The molecule has 1 aliphatic heterocycles. The lowest BCUT2D eigenvalue weighted by Crippen LogP contribution is -2.32. The third-order valence-corrected chi connectivity index (χ3v) is 4.46. The molecule has 136 valence electrons. The molecule has 0 unspecified atom stereocenters. The first-order valence-electron chi connectivity index (χ1n) is 8.88. The minimum Gasteiger partial charge on any atom is -0.497 e. The lowest BCUT2D eigenvalue weighted by atomic mass is 10.2. The topological polar surface area (TPSA) is 71.5 Å². The molecular weight excluding hydrogens is 330 g/mol. The summed E-state index contributed by atoms with van der Waals surface area (Å²) in [5, 5.41) is 2.82. The molecule has 1 N–H and O–H groups in total. The summed E-state index contributed by atoms with van der Waals surface area (Å²) in [5.74, 6) is 0.267. The van der Waals surface area contributed by atoms with E-state index in [-0.39, 0.29) is 11.8 Å². The summed E-state index contributed by atoms with van der Waals surface area (Å²) in [5.41, 5.74) is 1.35. The Labute approximate surface area is 153 Å². The minimum absolute atomic E-state index is 0.108. The van der Waals surface area contributed by atoms with Gasteiger partial charge in [0, 0.05) is 36.6 Å². The molecule has 6 heteroatoms. The van der Waals surface area contributed by atoms with Crippen molar-refractivity contribution in [3.63, 3.8) is 0 Å². The Hall–Kier alpha value is -2.89. The number of carbonyl (C=O) groups excluding carboxylic acids is 2. The van der Waals surface area contributed by atoms with E-state index >= 15 is 0 Å². The van der Waals surface area contributed by atoms with Crippen molar-refractivity contribution in [1.82, 2.24) is 9.88 Å². The van der Waals surface area contributed by atoms with Crippen LogP contribution in [0.4, 0.5) is 5.69 Å². The van der Waals surface area contributed by atoms with Crippen molar-refractivity contribution in [2.75, 3.05) is 25.5 Å². The van der Waals surface area contributed by atoms with Crippen LogP contribution in [0.1, 0.15) is 46.5 Å². The number of nitrogens with one attached hydrogen (secondary N) is 1. The molecule has 3 rings (SSSR count). The molecule has 0 atom stereocenters. The zero-order chi connectivity index (χ0) is 18.4. The molecule has 0 spiro atoms. The SMILES string of the molecule is COc1cccc(NC(=O)c2ccnc(C(=O)N3CCCCCC3)c2)c1. The molecular formula is C20H23N3O3. The van der Waals surface area contributed by atoms with Crippen LogP contribution in [0.15, 0.2) is 42.6 Å². The molecule has 0 bridgehead atoms. The molecule has 0 radical (unpaired) electrons. The highest BCUT2D eigenvalue weighted by atomic mass is 16.5. The van der Waals surface area contributed by atoms with Gasteiger partial charge < -0.3 is 15.0 Å². The number of aromatic nitrogens is 1. The van der Waals surface area contributed by atoms with Gasteiger partial charge in [-0.25, -0.2) is 0 Å². The van der Waals surface area contributed by atoms with Crippen molar-refractivity contribution in [3.8, 4) is 5.75 Å². The maximum Gasteiger partial charge on any atom is 0.272 e. The molecule has 6 nitrogen and oxygen atoms in total. The summed E-state index contributed by atoms with van der Waals surface area (Å²) in [6, 6.07) is 10.3. The van der Waals surface area contributed by atoms with E-state index in [1.165, 1.54) is 6.20 Å². The van der Waals surface area contributed by atoms with Crippen LogP contribution in [-0.2, 0) is 0 Å². The number of hydrogen-bond acceptors (Lipinski definition) is 4. The number of ether oxygens (including phenoxy) is 1. The molecule has 1 aliphatic rings. The summed E-state index contributed by atoms with van der Waals surface area (Å²) >= 11 is 0. The third-order valence-electron chi connectivity index (χ3n) is 4.46. The molecule has 1 saturated heterocycles. The van der Waals surface area contributed by atoms with Gasteiger partial charge in [-0.15, -0.1) is 0 Å². The van der Waals surface area contributed by atoms with Crippen LogP contribution < -0.4 is 10.1 Å². The fraction of sp³-hybridized carbons (Fsp3) is 0.350. The van der Waals surface area contributed by atoms with Crippen molar-refractivity contribution in [1.29, 1.82) is 0 Å². The lowest BCUT2D eigenvalue weighted by molar-refractivity contribution is 0.0755. The highest BCUT2D eigenvalue weighted by molar-refractivity contribution is 6.05. The molecule has 26 heavy (non-hydrogen) atoms. The Bertz CT molecular complexity index is 783. The number of amides is 2. The number of hydrogen-bond donors (Lipinski definition) is 1. The van der Waals surface area contributed by atoms with E-state index in [1.807, 2.05) is 4.90 Å². The summed E-state index contributed by atoms with van der Waals surface area (Å²) < 4.78 is 5.16. The van der Waals surface area contributed by atoms with E-state index in [9.17, 15) is 9.59 Å². The largest absolute Gasteiger partial charge is 0.497 e.